The average molecular weight is 344 g/mol. The third-order valence-corrected chi connectivity index (χ3v) is 4.84. The second kappa shape index (κ2) is 7.19. The Balaban J connectivity index is 1.96. The summed E-state index contributed by atoms with van der Waals surface area (Å²) in [4.78, 5) is 33.6. The number of anilines is 1. The van der Waals surface area contributed by atoms with E-state index in [0.29, 0.717) is 24.8 Å². The van der Waals surface area contributed by atoms with Crippen molar-refractivity contribution in [3.63, 3.8) is 0 Å². The number of rotatable bonds is 5. The molecule has 1 aliphatic rings. The first-order chi connectivity index (χ1) is 11.6. The van der Waals surface area contributed by atoms with Crippen molar-refractivity contribution >= 4 is 23.4 Å². The monoisotopic (exact) mass is 344 g/mol. The second-order valence-corrected chi connectivity index (χ2v) is 6.92. The maximum atomic E-state index is 13.0. The highest BCUT2D eigenvalue weighted by Crippen LogP contribution is 2.21. The van der Waals surface area contributed by atoms with E-state index in [2.05, 4.69) is 4.98 Å². The molecule has 0 saturated carbocycles. The Morgan fingerprint density at radius 3 is 2.71 bits per heavy atom. The van der Waals surface area contributed by atoms with E-state index in [1.807, 2.05) is 49.3 Å². The number of carbonyl (C=O) groups is 1. The van der Waals surface area contributed by atoms with Gasteiger partial charge in [-0.15, -0.1) is 0 Å². The fraction of sp³-hybridized carbons (Fsp3) is 0.353. The second-order valence-electron chi connectivity index (χ2n) is 5.86. The summed E-state index contributed by atoms with van der Waals surface area (Å²) >= 11 is 1.54. The topological polar surface area (TPSA) is 58.4 Å². The zero-order valence-electron chi connectivity index (χ0n) is 13.8. The maximum Gasteiger partial charge on any atom is 0.267 e. The number of carbonyl (C=O) groups excluding carboxylic acids is 1. The lowest BCUT2D eigenvalue weighted by Crippen LogP contribution is -2.40. The first-order valence-corrected chi connectivity index (χ1v) is 8.81. The SMILES string of the molecule is CN(C)CCN(C(=O)c1cnc2n(c1=O)CCS2)c1ccccc1. The van der Waals surface area contributed by atoms with Crippen molar-refractivity contribution in [3.05, 3.63) is 52.4 Å². The number of likely N-dealkylation sites (N-methyl/N-ethyl adjacent to an activating group) is 1. The van der Waals surface area contributed by atoms with E-state index in [1.54, 1.807) is 21.2 Å². The zero-order chi connectivity index (χ0) is 17.1. The van der Waals surface area contributed by atoms with Crippen molar-refractivity contribution in [2.24, 2.45) is 0 Å². The molecule has 0 radical (unpaired) electrons. The van der Waals surface area contributed by atoms with Crippen LogP contribution in [0.4, 0.5) is 5.69 Å². The summed E-state index contributed by atoms with van der Waals surface area (Å²) in [7, 11) is 3.91. The molecule has 2 heterocycles. The van der Waals surface area contributed by atoms with Crippen LogP contribution in [-0.2, 0) is 6.54 Å². The van der Waals surface area contributed by atoms with Crippen molar-refractivity contribution in [2.75, 3.05) is 37.8 Å². The smallest absolute Gasteiger partial charge is 0.267 e. The maximum absolute atomic E-state index is 13.0. The Hall–Kier alpha value is -2.12. The Morgan fingerprint density at radius 2 is 2.00 bits per heavy atom. The van der Waals surface area contributed by atoms with Gasteiger partial charge in [0, 0.05) is 37.3 Å². The van der Waals surface area contributed by atoms with Gasteiger partial charge in [-0.2, -0.15) is 0 Å². The van der Waals surface area contributed by atoms with Crippen molar-refractivity contribution in [3.8, 4) is 0 Å². The molecule has 0 saturated heterocycles. The molecule has 0 atom stereocenters. The van der Waals surface area contributed by atoms with Crippen molar-refractivity contribution in [1.82, 2.24) is 14.5 Å². The molecular weight excluding hydrogens is 324 g/mol. The predicted molar refractivity (Wildman–Crippen MR) is 95.9 cm³/mol. The lowest BCUT2D eigenvalue weighted by atomic mass is 10.2. The molecule has 0 unspecified atom stereocenters. The van der Waals surface area contributed by atoms with Crippen LogP contribution in [0.15, 0.2) is 46.5 Å². The molecule has 3 rings (SSSR count). The minimum atomic E-state index is -0.298. The van der Waals surface area contributed by atoms with Gasteiger partial charge in [0.15, 0.2) is 5.16 Å². The third kappa shape index (κ3) is 3.37. The van der Waals surface area contributed by atoms with Crippen LogP contribution in [0.1, 0.15) is 10.4 Å². The number of amides is 1. The molecule has 0 N–H and O–H groups in total. The number of fused-ring (bicyclic) bond motifs is 1. The minimum absolute atomic E-state index is 0.129. The number of aromatic nitrogens is 2. The van der Waals surface area contributed by atoms with Gasteiger partial charge in [-0.05, 0) is 26.2 Å². The molecule has 6 nitrogen and oxygen atoms in total. The van der Waals surface area contributed by atoms with E-state index in [-0.39, 0.29) is 17.0 Å². The standard InChI is InChI=1S/C17H20N4O2S/c1-19(2)8-9-20(13-6-4-3-5-7-13)15(22)14-12-18-17-21(16(14)23)10-11-24-17/h3-7,12H,8-11H2,1-2H3. The van der Waals surface area contributed by atoms with E-state index in [1.165, 1.54) is 6.20 Å². The van der Waals surface area contributed by atoms with Crippen molar-refractivity contribution < 1.29 is 4.79 Å². The normalized spacial score (nSPS) is 13.1. The molecule has 0 bridgehead atoms. The summed E-state index contributed by atoms with van der Waals surface area (Å²) in [6.07, 6.45) is 1.42. The summed E-state index contributed by atoms with van der Waals surface area (Å²) in [5.41, 5.74) is 0.660. The summed E-state index contributed by atoms with van der Waals surface area (Å²) in [5.74, 6) is 0.524. The zero-order valence-corrected chi connectivity index (χ0v) is 14.6. The highest BCUT2D eigenvalue weighted by atomic mass is 32.2. The molecule has 1 aliphatic heterocycles. The van der Waals surface area contributed by atoms with Gasteiger partial charge in [-0.1, -0.05) is 30.0 Å². The number of hydrogen-bond donors (Lipinski definition) is 0. The average Bonchev–Trinajstić information content (AvgIpc) is 3.05. The van der Waals surface area contributed by atoms with E-state index in [9.17, 15) is 9.59 Å². The lowest BCUT2D eigenvalue weighted by Gasteiger charge is -2.24. The van der Waals surface area contributed by atoms with Crippen LogP contribution in [0.25, 0.3) is 0 Å². The van der Waals surface area contributed by atoms with Crippen molar-refractivity contribution in [2.45, 2.75) is 11.7 Å². The number of para-hydroxylation sites is 1. The van der Waals surface area contributed by atoms with Crippen molar-refractivity contribution in [1.29, 1.82) is 0 Å². The molecule has 1 aromatic heterocycles. The molecule has 0 aliphatic carbocycles. The number of nitrogens with zero attached hydrogens (tertiary/aromatic N) is 4. The Bertz CT molecular complexity index is 789. The van der Waals surface area contributed by atoms with Gasteiger partial charge >= 0.3 is 0 Å². The van der Waals surface area contributed by atoms with E-state index < -0.39 is 0 Å². The lowest BCUT2D eigenvalue weighted by molar-refractivity contribution is 0.0982. The molecule has 1 aromatic carbocycles. The van der Waals surface area contributed by atoms with Gasteiger partial charge in [0.1, 0.15) is 5.56 Å². The van der Waals surface area contributed by atoms with Gasteiger partial charge in [-0.25, -0.2) is 4.98 Å². The summed E-state index contributed by atoms with van der Waals surface area (Å²) in [5, 5.41) is 0.691. The molecular formula is C17H20N4O2S. The van der Waals surface area contributed by atoms with Crippen LogP contribution in [0, 0.1) is 0 Å². The fourth-order valence-electron chi connectivity index (χ4n) is 2.57. The van der Waals surface area contributed by atoms with Crippen LogP contribution >= 0.6 is 11.8 Å². The van der Waals surface area contributed by atoms with Crippen LogP contribution in [0.3, 0.4) is 0 Å². The largest absolute Gasteiger partial charge is 0.308 e. The fourth-order valence-corrected chi connectivity index (χ4v) is 3.48. The Morgan fingerprint density at radius 1 is 1.25 bits per heavy atom. The van der Waals surface area contributed by atoms with E-state index >= 15 is 0 Å². The number of thioether (sulfide) groups is 1. The van der Waals surface area contributed by atoms with Crippen LogP contribution in [0.2, 0.25) is 0 Å². The van der Waals surface area contributed by atoms with E-state index in [4.69, 9.17) is 0 Å². The van der Waals surface area contributed by atoms with Crippen LogP contribution < -0.4 is 10.5 Å². The molecule has 126 valence electrons. The first kappa shape index (κ1) is 16.7. The van der Waals surface area contributed by atoms with Gasteiger partial charge in [0.05, 0.1) is 0 Å². The molecule has 7 heteroatoms. The Kier molecular flexibility index (Phi) is 5.01. The summed E-state index contributed by atoms with van der Waals surface area (Å²) in [6, 6.07) is 9.43. The molecule has 1 amide bonds. The quantitative estimate of drug-likeness (QED) is 0.771. The Labute approximate surface area is 145 Å². The first-order valence-electron chi connectivity index (χ1n) is 7.82. The molecule has 2 aromatic rings. The van der Waals surface area contributed by atoms with Crippen LogP contribution in [-0.4, -0.2) is 53.3 Å². The molecule has 24 heavy (non-hydrogen) atoms. The highest BCUT2D eigenvalue weighted by Gasteiger charge is 2.24. The molecule has 0 spiro atoms. The minimum Gasteiger partial charge on any atom is -0.308 e. The number of hydrogen-bond acceptors (Lipinski definition) is 5. The van der Waals surface area contributed by atoms with E-state index in [0.717, 1.165) is 11.4 Å². The number of benzene rings is 1. The predicted octanol–water partition coefficient (Wildman–Crippen LogP) is 1.56. The van der Waals surface area contributed by atoms with Crippen LogP contribution in [0.5, 0.6) is 0 Å². The van der Waals surface area contributed by atoms with Gasteiger partial charge in [0.25, 0.3) is 11.5 Å². The van der Waals surface area contributed by atoms with Gasteiger partial charge in [0.2, 0.25) is 0 Å². The molecule has 0 fully saturated rings. The summed E-state index contributed by atoms with van der Waals surface area (Å²) in [6.45, 7) is 1.82. The summed E-state index contributed by atoms with van der Waals surface area (Å²) < 4.78 is 1.59. The van der Waals surface area contributed by atoms with Gasteiger partial charge in [-0.3, -0.25) is 14.2 Å². The highest BCUT2D eigenvalue weighted by molar-refractivity contribution is 7.99. The van der Waals surface area contributed by atoms with Gasteiger partial charge < -0.3 is 9.80 Å². The third-order valence-electron chi connectivity index (χ3n) is 3.87.